The van der Waals surface area contributed by atoms with Crippen LogP contribution in [-0.4, -0.2) is 20.1 Å². The van der Waals surface area contributed by atoms with Crippen LogP contribution in [0, 0.1) is 5.92 Å². The van der Waals surface area contributed by atoms with Gasteiger partial charge in [-0.2, -0.15) is 0 Å². The van der Waals surface area contributed by atoms with E-state index in [2.05, 4.69) is 10.0 Å². The second-order valence-electron chi connectivity index (χ2n) is 5.67. The van der Waals surface area contributed by atoms with E-state index >= 15 is 0 Å². The SMILES string of the molecule is CC1CSc2ccc(S(=O)(=O)NCc3ccccc3)cc2NC1=O. The summed E-state index contributed by atoms with van der Waals surface area (Å²) in [6.45, 7) is 2.08. The van der Waals surface area contributed by atoms with E-state index in [0.29, 0.717) is 11.4 Å². The molecule has 1 heterocycles. The fourth-order valence-electron chi connectivity index (χ4n) is 2.30. The Bertz CT molecular complexity index is 851. The Morgan fingerprint density at radius 3 is 2.71 bits per heavy atom. The molecule has 1 atom stereocenters. The van der Waals surface area contributed by atoms with Crippen LogP contribution in [0.3, 0.4) is 0 Å². The van der Waals surface area contributed by atoms with E-state index in [4.69, 9.17) is 0 Å². The highest BCUT2D eigenvalue weighted by molar-refractivity contribution is 7.99. The Balaban J connectivity index is 1.81. The zero-order valence-electron chi connectivity index (χ0n) is 13.2. The van der Waals surface area contributed by atoms with Crippen molar-refractivity contribution in [1.29, 1.82) is 0 Å². The minimum atomic E-state index is -3.65. The maximum Gasteiger partial charge on any atom is 0.240 e. The quantitative estimate of drug-likeness (QED) is 0.877. The molecule has 1 aliphatic rings. The monoisotopic (exact) mass is 362 g/mol. The number of sulfonamides is 1. The molecule has 0 saturated heterocycles. The van der Waals surface area contributed by atoms with Gasteiger partial charge in [0.25, 0.3) is 0 Å². The molecule has 2 aromatic rings. The van der Waals surface area contributed by atoms with Gasteiger partial charge in [0.15, 0.2) is 0 Å². The van der Waals surface area contributed by atoms with Crippen LogP contribution >= 0.6 is 11.8 Å². The first-order chi connectivity index (χ1) is 11.5. The molecule has 0 saturated carbocycles. The van der Waals surface area contributed by atoms with Gasteiger partial charge in [0.1, 0.15) is 0 Å². The normalized spacial score (nSPS) is 17.7. The number of fused-ring (bicyclic) bond motifs is 1. The van der Waals surface area contributed by atoms with Gasteiger partial charge in [-0.1, -0.05) is 37.3 Å². The lowest BCUT2D eigenvalue weighted by atomic mass is 10.2. The van der Waals surface area contributed by atoms with Gasteiger partial charge in [-0.05, 0) is 23.8 Å². The third-order valence-corrected chi connectivity index (χ3v) is 6.50. The first-order valence-corrected chi connectivity index (χ1v) is 10.0. The number of carbonyl (C=O) groups is 1. The van der Waals surface area contributed by atoms with Crippen molar-refractivity contribution in [1.82, 2.24) is 4.72 Å². The molecule has 2 aromatic carbocycles. The van der Waals surface area contributed by atoms with Crippen molar-refractivity contribution in [2.75, 3.05) is 11.1 Å². The number of benzene rings is 2. The first kappa shape index (κ1) is 17.0. The summed E-state index contributed by atoms with van der Waals surface area (Å²) >= 11 is 1.55. The van der Waals surface area contributed by atoms with Crippen molar-refractivity contribution in [2.45, 2.75) is 23.3 Å². The van der Waals surface area contributed by atoms with Gasteiger partial charge in [-0.3, -0.25) is 4.79 Å². The van der Waals surface area contributed by atoms with Crippen LogP contribution in [0.1, 0.15) is 12.5 Å². The van der Waals surface area contributed by atoms with Gasteiger partial charge < -0.3 is 5.32 Å². The minimum absolute atomic E-state index is 0.0898. The molecule has 0 bridgehead atoms. The highest BCUT2D eigenvalue weighted by Crippen LogP contribution is 2.34. The molecule has 5 nitrogen and oxygen atoms in total. The summed E-state index contributed by atoms with van der Waals surface area (Å²) in [5.41, 5.74) is 1.44. The minimum Gasteiger partial charge on any atom is -0.325 e. The molecule has 0 aliphatic carbocycles. The van der Waals surface area contributed by atoms with E-state index in [1.165, 1.54) is 6.07 Å². The maximum absolute atomic E-state index is 12.5. The van der Waals surface area contributed by atoms with Gasteiger partial charge in [-0.25, -0.2) is 13.1 Å². The van der Waals surface area contributed by atoms with Gasteiger partial charge in [0.2, 0.25) is 15.9 Å². The van der Waals surface area contributed by atoms with Gasteiger partial charge in [0.05, 0.1) is 10.6 Å². The summed E-state index contributed by atoms with van der Waals surface area (Å²) in [6.07, 6.45) is 0. The number of anilines is 1. The molecule has 0 aromatic heterocycles. The summed E-state index contributed by atoms with van der Waals surface area (Å²) in [7, 11) is -3.65. The molecule has 126 valence electrons. The van der Waals surface area contributed by atoms with E-state index in [1.807, 2.05) is 37.3 Å². The molecular weight excluding hydrogens is 344 g/mol. The summed E-state index contributed by atoms with van der Waals surface area (Å²) in [5.74, 6) is 0.476. The average molecular weight is 362 g/mol. The largest absolute Gasteiger partial charge is 0.325 e. The van der Waals surface area contributed by atoms with Gasteiger partial charge in [-0.15, -0.1) is 11.8 Å². The fourth-order valence-corrected chi connectivity index (χ4v) is 4.36. The molecule has 3 rings (SSSR count). The Morgan fingerprint density at radius 2 is 1.96 bits per heavy atom. The Hall–Kier alpha value is -1.83. The van der Waals surface area contributed by atoms with Crippen molar-refractivity contribution in [3.63, 3.8) is 0 Å². The van der Waals surface area contributed by atoms with Crippen LogP contribution in [0.5, 0.6) is 0 Å². The molecule has 1 unspecified atom stereocenters. The third-order valence-electron chi connectivity index (χ3n) is 3.76. The average Bonchev–Trinajstić information content (AvgIpc) is 2.72. The van der Waals surface area contributed by atoms with Crippen molar-refractivity contribution < 1.29 is 13.2 Å². The lowest BCUT2D eigenvalue weighted by Gasteiger charge is -2.11. The summed E-state index contributed by atoms with van der Waals surface area (Å²) in [4.78, 5) is 13.0. The first-order valence-electron chi connectivity index (χ1n) is 7.57. The topological polar surface area (TPSA) is 75.3 Å². The van der Waals surface area contributed by atoms with Crippen molar-refractivity contribution >= 4 is 33.4 Å². The van der Waals surface area contributed by atoms with Crippen molar-refractivity contribution in [3.8, 4) is 0 Å². The molecule has 0 radical (unpaired) electrons. The number of nitrogens with one attached hydrogen (secondary N) is 2. The highest BCUT2D eigenvalue weighted by atomic mass is 32.2. The van der Waals surface area contributed by atoms with Crippen LogP contribution < -0.4 is 10.0 Å². The van der Waals surface area contributed by atoms with Crippen LogP contribution in [-0.2, 0) is 21.4 Å². The Kier molecular flexibility index (Phi) is 4.93. The standard InChI is InChI=1S/C17H18N2O3S2/c1-12-11-23-16-8-7-14(9-15(16)19-17(12)20)24(21,22)18-10-13-5-3-2-4-6-13/h2-9,12,18H,10-11H2,1H3,(H,19,20). The van der Waals surface area contributed by atoms with Crippen LogP contribution in [0.4, 0.5) is 5.69 Å². The number of hydrogen-bond donors (Lipinski definition) is 2. The summed E-state index contributed by atoms with van der Waals surface area (Å²) in [6, 6.07) is 14.2. The van der Waals surface area contributed by atoms with E-state index in [-0.39, 0.29) is 23.3 Å². The van der Waals surface area contributed by atoms with Crippen molar-refractivity contribution in [3.05, 3.63) is 54.1 Å². The van der Waals surface area contributed by atoms with E-state index in [1.54, 1.807) is 23.9 Å². The van der Waals surface area contributed by atoms with E-state index in [0.717, 1.165) is 10.5 Å². The van der Waals surface area contributed by atoms with Crippen LogP contribution in [0.2, 0.25) is 0 Å². The number of amides is 1. The smallest absolute Gasteiger partial charge is 0.240 e. The molecule has 24 heavy (non-hydrogen) atoms. The zero-order valence-corrected chi connectivity index (χ0v) is 14.8. The lowest BCUT2D eigenvalue weighted by Crippen LogP contribution is -2.24. The van der Waals surface area contributed by atoms with Crippen LogP contribution in [0.25, 0.3) is 0 Å². The summed E-state index contributed by atoms with van der Waals surface area (Å²) in [5, 5.41) is 2.81. The second-order valence-corrected chi connectivity index (χ2v) is 8.50. The second kappa shape index (κ2) is 6.96. The third kappa shape index (κ3) is 3.80. The highest BCUT2D eigenvalue weighted by Gasteiger charge is 2.22. The van der Waals surface area contributed by atoms with Gasteiger partial charge >= 0.3 is 0 Å². The molecule has 2 N–H and O–H groups in total. The van der Waals surface area contributed by atoms with E-state index in [9.17, 15) is 13.2 Å². The van der Waals surface area contributed by atoms with E-state index < -0.39 is 10.0 Å². The van der Waals surface area contributed by atoms with Gasteiger partial charge in [0, 0.05) is 23.1 Å². The molecule has 7 heteroatoms. The molecular formula is C17H18N2O3S2. The zero-order chi connectivity index (χ0) is 17.2. The number of rotatable bonds is 4. The van der Waals surface area contributed by atoms with Crippen LogP contribution in [0.15, 0.2) is 58.3 Å². The Morgan fingerprint density at radius 1 is 1.21 bits per heavy atom. The molecule has 0 fully saturated rings. The number of hydrogen-bond acceptors (Lipinski definition) is 4. The number of carbonyl (C=O) groups excluding carboxylic acids is 1. The lowest BCUT2D eigenvalue weighted by molar-refractivity contribution is -0.118. The predicted octanol–water partition coefficient (Wildman–Crippen LogP) is 2.85. The molecule has 1 aliphatic heterocycles. The summed E-state index contributed by atoms with van der Waals surface area (Å²) < 4.78 is 27.6. The number of thioether (sulfide) groups is 1. The predicted molar refractivity (Wildman–Crippen MR) is 95.4 cm³/mol. The van der Waals surface area contributed by atoms with Crippen molar-refractivity contribution in [2.24, 2.45) is 5.92 Å². The molecule has 1 amide bonds. The molecule has 0 spiro atoms. The Labute approximate surface area is 145 Å². The fraction of sp³-hybridized carbons (Fsp3) is 0.235. The maximum atomic E-state index is 12.5.